The average molecular weight is 291 g/mol. The summed E-state index contributed by atoms with van der Waals surface area (Å²) in [7, 11) is 0. The van der Waals surface area contributed by atoms with Crippen molar-refractivity contribution in [3.8, 4) is 0 Å². The summed E-state index contributed by atoms with van der Waals surface area (Å²) in [6, 6.07) is 8.28. The number of amides is 1. The van der Waals surface area contributed by atoms with Gasteiger partial charge in [-0.1, -0.05) is 24.3 Å². The van der Waals surface area contributed by atoms with Gasteiger partial charge in [-0.15, -0.1) is 0 Å². The van der Waals surface area contributed by atoms with Crippen molar-refractivity contribution < 1.29 is 9.90 Å². The van der Waals surface area contributed by atoms with Crippen LogP contribution in [0.1, 0.15) is 29.9 Å². The van der Waals surface area contributed by atoms with Crippen LogP contribution in [-0.4, -0.2) is 34.7 Å². The van der Waals surface area contributed by atoms with E-state index in [0.29, 0.717) is 12.5 Å². The molecule has 0 spiro atoms. The van der Waals surface area contributed by atoms with E-state index in [2.05, 4.69) is 24.4 Å². The molecule has 108 valence electrons. The first-order valence-electron chi connectivity index (χ1n) is 7.22. The van der Waals surface area contributed by atoms with Crippen LogP contribution in [0.15, 0.2) is 24.3 Å². The molecule has 1 aromatic rings. The van der Waals surface area contributed by atoms with Gasteiger partial charge >= 0.3 is 0 Å². The van der Waals surface area contributed by atoms with E-state index in [-0.39, 0.29) is 11.8 Å². The molecule has 1 amide bonds. The highest BCUT2D eigenvalue weighted by Crippen LogP contribution is 2.48. The average Bonchev–Trinajstić information content (AvgIpc) is 3.12. The third-order valence-electron chi connectivity index (χ3n) is 4.39. The molecule has 3 rings (SSSR count). The zero-order valence-electron chi connectivity index (χ0n) is 11.8. The lowest BCUT2D eigenvalue weighted by atomic mass is 10.0. The van der Waals surface area contributed by atoms with Crippen molar-refractivity contribution in [1.29, 1.82) is 0 Å². The van der Waals surface area contributed by atoms with Crippen molar-refractivity contribution in [1.82, 2.24) is 5.32 Å². The SMILES string of the molecule is Cc1ccccc1C1CC1C(=O)NCC1(O)CCSC1. The van der Waals surface area contributed by atoms with Gasteiger partial charge in [0, 0.05) is 18.2 Å². The summed E-state index contributed by atoms with van der Waals surface area (Å²) in [5.74, 6) is 2.28. The molecule has 1 aliphatic heterocycles. The van der Waals surface area contributed by atoms with Gasteiger partial charge in [0.1, 0.15) is 0 Å². The monoisotopic (exact) mass is 291 g/mol. The summed E-state index contributed by atoms with van der Waals surface area (Å²) in [5, 5.41) is 13.2. The molecule has 3 atom stereocenters. The Morgan fingerprint density at radius 2 is 2.30 bits per heavy atom. The normalized spacial score (nSPS) is 32.1. The largest absolute Gasteiger partial charge is 0.387 e. The summed E-state index contributed by atoms with van der Waals surface area (Å²) >= 11 is 1.75. The second-order valence-electron chi connectivity index (χ2n) is 6.05. The van der Waals surface area contributed by atoms with E-state index in [1.807, 2.05) is 12.1 Å². The quantitative estimate of drug-likeness (QED) is 0.893. The number of thioether (sulfide) groups is 1. The fourth-order valence-electron chi connectivity index (χ4n) is 2.95. The fourth-order valence-corrected chi connectivity index (χ4v) is 4.24. The van der Waals surface area contributed by atoms with Gasteiger partial charge in [0.2, 0.25) is 5.91 Å². The molecule has 1 aliphatic carbocycles. The predicted octanol–water partition coefficient (Wildman–Crippen LogP) is 2.08. The number of hydrogen-bond acceptors (Lipinski definition) is 3. The zero-order chi connectivity index (χ0) is 14.2. The van der Waals surface area contributed by atoms with Crippen molar-refractivity contribution in [3.63, 3.8) is 0 Å². The van der Waals surface area contributed by atoms with Gasteiger partial charge < -0.3 is 10.4 Å². The lowest BCUT2D eigenvalue weighted by Crippen LogP contribution is -2.43. The van der Waals surface area contributed by atoms with Gasteiger partial charge in [0.15, 0.2) is 0 Å². The second kappa shape index (κ2) is 5.41. The van der Waals surface area contributed by atoms with Crippen LogP contribution in [0, 0.1) is 12.8 Å². The minimum atomic E-state index is -0.687. The first-order valence-corrected chi connectivity index (χ1v) is 8.38. The minimum absolute atomic E-state index is 0.0914. The van der Waals surface area contributed by atoms with Crippen molar-refractivity contribution >= 4 is 17.7 Å². The highest BCUT2D eigenvalue weighted by molar-refractivity contribution is 7.99. The lowest BCUT2D eigenvalue weighted by molar-refractivity contribution is -0.123. The molecule has 1 aromatic carbocycles. The van der Waals surface area contributed by atoms with Gasteiger partial charge in [-0.2, -0.15) is 11.8 Å². The van der Waals surface area contributed by atoms with Crippen molar-refractivity contribution in [2.24, 2.45) is 5.92 Å². The number of rotatable bonds is 4. The Balaban J connectivity index is 1.54. The molecular weight excluding hydrogens is 270 g/mol. The number of aliphatic hydroxyl groups is 1. The Hall–Kier alpha value is -1.00. The molecule has 0 radical (unpaired) electrons. The maximum Gasteiger partial charge on any atom is 0.223 e. The minimum Gasteiger partial charge on any atom is -0.387 e. The third-order valence-corrected chi connectivity index (χ3v) is 5.62. The van der Waals surface area contributed by atoms with Crippen LogP contribution in [0.3, 0.4) is 0 Å². The molecule has 0 bridgehead atoms. The van der Waals surface area contributed by atoms with Crippen LogP contribution in [-0.2, 0) is 4.79 Å². The highest BCUT2D eigenvalue weighted by atomic mass is 32.2. The standard InChI is InChI=1S/C16H21NO2S/c1-11-4-2-3-5-12(11)13-8-14(13)15(18)17-9-16(19)6-7-20-10-16/h2-5,13-14,19H,6-10H2,1H3,(H,17,18). The zero-order valence-corrected chi connectivity index (χ0v) is 12.6. The summed E-state index contributed by atoms with van der Waals surface area (Å²) in [4.78, 5) is 12.2. The first kappa shape index (κ1) is 14.0. The van der Waals surface area contributed by atoms with Gasteiger partial charge in [-0.3, -0.25) is 4.79 Å². The molecule has 4 heteroatoms. The predicted molar refractivity (Wildman–Crippen MR) is 81.9 cm³/mol. The summed E-state index contributed by atoms with van der Waals surface area (Å²) < 4.78 is 0. The van der Waals surface area contributed by atoms with Gasteiger partial charge in [-0.05, 0) is 42.6 Å². The molecule has 3 nitrogen and oxygen atoms in total. The molecule has 2 N–H and O–H groups in total. The molecule has 0 aromatic heterocycles. The summed E-state index contributed by atoms with van der Waals surface area (Å²) in [5.41, 5.74) is 1.87. The van der Waals surface area contributed by atoms with E-state index in [9.17, 15) is 9.90 Å². The van der Waals surface area contributed by atoms with Crippen molar-refractivity contribution in [2.45, 2.75) is 31.3 Å². The van der Waals surface area contributed by atoms with Gasteiger partial charge in [-0.25, -0.2) is 0 Å². The molecular formula is C16H21NO2S. The van der Waals surface area contributed by atoms with E-state index in [1.54, 1.807) is 11.8 Å². The van der Waals surface area contributed by atoms with Crippen LogP contribution >= 0.6 is 11.8 Å². The Morgan fingerprint density at radius 1 is 1.50 bits per heavy atom. The van der Waals surface area contributed by atoms with Crippen LogP contribution < -0.4 is 5.32 Å². The van der Waals surface area contributed by atoms with Crippen LogP contribution in [0.5, 0.6) is 0 Å². The van der Waals surface area contributed by atoms with Crippen molar-refractivity contribution in [2.75, 3.05) is 18.1 Å². The number of carbonyl (C=O) groups is 1. The Morgan fingerprint density at radius 3 is 3.00 bits per heavy atom. The highest BCUT2D eigenvalue weighted by Gasteiger charge is 2.45. The lowest BCUT2D eigenvalue weighted by Gasteiger charge is -2.21. The molecule has 3 unspecified atom stereocenters. The Bertz CT molecular complexity index is 511. The van der Waals surface area contributed by atoms with Crippen LogP contribution in [0.4, 0.5) is 0 Å². The van der Waals surface area contributed by atoms with E-state index in [4.69, 9.17) is 0 Å². The molecule has 2 fully saturated rings. The van der Waals surface area contributed by atoms with E-state index < -0.39 is 5.60 Å². The van der Waals surface area contributed by atoms with E-state index in [0.717, 1.165) is 24.3 Å². The number of nitrogens with one attached hydrogen (secondary N) is 1. The maximum absolute atomic E-state index is 12.2. The van der Waals surface area contributed by atoms with E-state index >= 15 is 0 Å². The maximum atomic E-state index is 12.2. The number of carbonyl (C=O) groups excluding carboxylic acids is 1. The number of benzene rings is 1. The third kappa shape index (κ3) is 2.86. The number of aryl methyl sites for hydroxylation is 1. The molecule has 1 heterocycles. The van der Waals surface area contributed by atoms with Crippen LogP contribution in [0.2, 0.25) is 0 Å². The molecule has 2 aliphatic rings. The molecule has 20 heavy (non-hydrogen) atoms. The van der Waals surface area contributed by atoms with Crippen LogP contribution in [0.25, 0.3) is 0 Å². The topological polar surface area (TPSA) is 49.3 Å². The summed E-state index contributed by atoms with van der Waals surface area (Å²) in [6.45, 7) is 2.50. The molecule has 1 saturated heterocycles. The summed E-state index contributed by atoms with van der Waals surface area (Å²) in [6.07, 6.45) is 1.72. The fraction of sp³-hybridized carbons (Fsp3) is 0.562. The van der Waals surface area contributed by atoms with Gasteiger partial charge in [0.05, 0.1) is 5.60 Å². The number of hydrogen-bond donors (Lipinski definition) is 2. The van der Waals surface area contributed by atoms with Gasteiger partial charge in [0.25, 0.3) is 0 Å². The van der Waals surface area contributed by atoms with Crippen molar-refractivity contribution in [3.05, 3.63) is 35.4 Å². The second-order valence-corrected chi connectivity index (χ2v) is 7.16. The first-order chi connectivity index (χ1) is 9.59. The Labute approximate surface area is 124 Å². The van der Waals surface area contributed by atoms with E-state index in [1.165, 1.54) is 11.1 Å². The Kier molecular flexibility index (Phi) is 3.78. The smallest absolute Gasteiger partial charge is 0.223 e. The molecule has 1 saturated carbocycles.